The number of nitrogens with zero attached hydrogens (tertiary/aromatic N) is 2. The Bertz CT molecular complexity index is 526. The number of imidazole rings is 1. The molecule has 0 aliphatic carbocycles. The zero-order valence-electron chi connectivity index (χ0n) is 11.6. The predicted octanol–water partition coefficient (Wildman–Crippen LogP) is 3.90. The van der Waals surface area contributed by atoms with E-state index >= 15 is 0 Å². The largest absolute Gasteiger partial charge is 0.325 e. The topological polar surface area (TPSA) is 29.9 Å². The molecule has 2 aromatic rings. The molecular weight excluding hydrogens is 222 g/mol. The molecule has 0 saturated carbocycles. The molecule has 3 heteroatoms. The van der Waals surface area contributed by atoms with Gasteiger partial charge in [-0.25, -0.2) is 4.98 Å². The van der Waals surface area contributed by atoms with Crippen molar-refractivity contribution in [3.63, 3.8) is 0 Å². The van der Waals surface area contributed by atoms with Gasteiger partial charge < -0.3 is 9.88 Å². The van der Waals surface area contributed by atoms with Gasteiger partial charge in [0.25, 0.3) is 0 Å². The molecule has 2 rings (SSSR count). The molecule has 0 bridgehead atoms. The fourth-order valence-electron chi connectivity index (χ4n) is 2.05. The fourth-order valence-corrected chi connectivity index (χ4v) is 2.05. The third-order valence-electron chi connectivity index (χ3n) is 2.91. The maximum absolute atomic E-state index is 4.38. The Morgan fingerprint density at radius 2 is 2.06 bits per heavy atom. The Morgan fingerprint density at radius 1 is 1.28 bits per heavy atom. The molecule has 0 spiro atoms. The summed E-state index contributed by atoms with van der Waals surface area (Å²) in [6, 6.07) is 6.40. The first kappa shape index (κ1) is 12.7. The quantitative estimate of drug-likeness (QED) is 0.882. The van der Waals surface area contributed by atoms with Gasteiger partial charge in [-0.15, -0.1) is 0 Å². The van der Waals surface area contributed by atoms with E-state index in [-0.39, 0.29) is 0 Å². The summed E-state index contributed by atoms with van der Waals surface area (Å²) in [6.07, 6.45) is 3.86. The van der Waals surface area contributed by atoms with E-state index < -0.39 is 0 Å². The van der Waals surface area contributed by atoms with Gasteiger partial charge in [-0.1, -0.05) is 31.5 Å². The van der Waals surface area contributed by atoms with Crippen molar-refractivity contribution < 1.29 is 0 Å². The standard InChI is InChI=1S/C15H21N3/c1-11(2)10-18-8-7-16-15(18)17-14-6-5-12(3)9-13(14)4/h5-9,11H,10H2,1-4H3,(H,16,17). The summed E-state index contributed by atoms with van der Waals surface area (Å²) >= 11 is 0. The van der Waals surface area contributed by atoms with Crippen LogP contribution >= 0.6 is 0 Å². The van der Waals surface area contributed by atoms with Gasteiger partial charge in [0, 0.05) is 24.6 Å². The van der Waals surface area contributed by atoms with Crippen LogP contribution < -0.4 is 5.32 Å². The molecule has 1 heterocycles. The van der Waals surface area contributed by atoms with Crippen LogP contribution in [-0.4, -0.2) is 9.55 Å². The first-order valence-corrected chi connectivity index (χ1v) is 6.41. The zero-order chi connectivity index (χ0) is 13.1. The third kappa shape index (κ3) is 2.92. The van der Waals surface area contributed by atoms with Crippen LogP contribution in [0.25, 0.3) is 0 Å². The molecular formula is C15H21N3. The van der Waals surface area contributed by atoms with Crippen LogP contribution in [-0.2, 0) is 6.54 Å². The van der Waals surface area contributed by atoms with Gasteiger partial charge in [-0.3, -0.25) is 0 Å². The lowest BCUT2D eigenvalue weighted by Gasteiger charge is -2.13. The average Bonchev–Trinajstić information content (AvgIpc) is 2.69. The van der Waals surface area contributed by atoms with Crippen molar-refractivity contribution >= 4 is 11.6 Å². The number of nitrogens with one attached hydrogen (secondary N) is 1. The van der Waals surface area contributed by atoms with E-state index in [1.54, 1.807) is 0 Å². The Morgan fingerprint density at radius 3 is 2.72 bits per heavy atom. The monoisotopic (exact) mass is 243 g/mol. The second-order valence-corrected chi connectivity index (χ2v) is 5.24. The van der Waals surface area contributed by atoms with Crippen molar-refractivity contribution in [2.24, 2.45) is 5.92 Å². The molecule has 18 heavy (non-hydrogen) atoms. The molecule has 0 atom stereocenters. The van der Waals surface area contributed by atoms with Crippen LogP contribution in [0.5, 0.6) is 0 Å². The van der Waals surface area contributed by atoms with Crippen LogP contribution in [0.4, 0.5) is 11.6 Å². The Labute approximate surface area is 109 Å². The first-order valence-electron chi connectivity index (χ1n) is 6.41. The predicted molar refractivity (Wildman–Crippen MR) is 76.3 cm³/mol. The highest BCUT2D eigenvalue weighted by atomic mass is 15.2. The number of aromatic nitrogens is 2. The Kier molecular flexibility index (Phi) is 3.70. The van der Waals surface area contributed by atoms with Gasteiger partial charge in [0.1, 0.15) is 0 Å². The van der Waals surface area contributed by atoms with Crippen LogP contribution in [0.1, 0.15) is 25.0 Å². The number of hydrogen-bond acceptors (Lipinski definition) is 2. The van der Waals surface area contributed by atoms with Crippen LogP contribution in [0.3, 0.4) is 0 Å². The van der Waals surface area contributed by atoms with E-state index in [0.29, 0.717) is 5.92 Å². The second kappa shape index (κ2) is 5.25. The van der Waals surface area contributed by atoms with Gasteiger partial charge in [0.2, 0.25) is 5.95 Å². The number of anilines is 2. The van der Waals surface area contributed by atoms with E-state index in [4.69, 9.17) is 0 Å². The Hall–Kier alpha value is -1.77. The highest BCUT2D eigenvalue weighted by Gasteiger charge is 2.06. The van der Waals surface area contributed by atoms with Crippen molar-refractivity contribution in [2.75, 3.05) is 5.32 Å². The number of hydrogen-bond donors (Lipinski definition) is 1. The van der Waals surface area contributed by atoms with Gasteiger partial charge in [0.05, 0.1) is 0 Å². The van der Waals surface area contributed by atoms with Gasteiger partial charge >= 0.3 is 0 Å². The van der Waals surface area contributed by atoms with Crippen molar-refractivity contribution in [1.29, 1.82) is 0 Å². The molecule has 0 amide bonds. The van der Waals surface area contributed by atoms with Crippen molar-refractivity contribution in [3.8, 4) is 0 Å². The lowest BCUT2D eigenvalue weighted by atomic mass is 10.1. The number of benzene rings is 1. The molecule has 0 saturated heterocycles. The summed E-state index contributed by atoms with van der Waals surface area (Å²) in [5.41, 5.74) is 3.65. The fraction of sp³-hybridized carbons (Fsp3) is 0.400. The molecule has 0 radical (unpaired) electrons. The van der Waals surface area contributed by atoms with Crippen molar-refractivity contribution in [2.45, 2.75) is 34.2 Å². The molecule has 0 unspecified atom stereocenters. The van der Waals surface area contributed by atoms with Crippen molar-refractivity contribution in [3.05, 3.63) is 41.7 Å². The minimum Gasteiger partial charge on any atom is -0.325 e. The van der Waals surface area contributed by atoms with E-state index in [0.717, 1.165) is 18.2 Å². The SMILES string of the molecule is Cc1ccc(Nc2nccn2CC(C)C)c(C)c1. The number of rotatable bonds is 4. The first-order chi connectivity index (χ1) is 8.56. The van der Waals surface area contributed by atoms with Gasteiger partial charge in [-0.2, -0.15) is 0 Å². The molecule has 0 aliphatic heterocycles. The molecule has 0 aliphatic rings. The lowest BCUT2D eigenvalue weighted by molar-refractivity contribution is 0.527. The maximum Gasteiger partial charge on any atom is 0.207 e. The van der Waals surface area contributed by atoms with Crippen LogP contribution in [0.2, 0.25) is 0 Å². The normalized spacial score (nSPS) is 10.9. The van der Waals surface area contributed by atoms with Gasteiger partial charge in [-0.05, 0) is 31.4 Å². The summed E-state index contributed by atoms with van der Waals surface area (Å²) in [5.74, 6) is 1.52. The van der Waals surface area contributed by atoms with Crippen LogP contribution in [0.15, 0.2) is 30.6 Å². The summed E-state index contributed by atoms with van der Waals surface area (Å²) < 4.78 is 2.16. The highest BCUT2D eigenvalue weighted by molar-refractivity contribution is 5.59. The summed E-state index contributed by atoms with van der Waals surface area (Å²) in [6.45, 7) is 9.62. The second-order valence-electron chi connectivity index (χ2n) is 5.24. The minimum atomic E-state index is 0.610. The summed E-state index contributed by atoms with van der Waals surface area (Å²) in [7, 11) is 0. The summed E-state index contributed by atoms with van der Waals surface area (Å²) in [5, 5.41) is 3.41. The van der Waals surface area contributed by atoms with E-state index in [9.17, 15) is 0 Å². The minimum absolute atomic E-state index is 0.610. The van der Waals surface area contributed by atoms with Crippen molar-refractivity contribution in [1.82, 2.24) is 9.55 Å². The van der Waals surface area contributed by atoms with Crippen LogP contribution in [0, 0.1) is 19.8 Å². The molecule has 1 N–H and O–H groups in total. The van der Waals surface area contributed by atoms with Gasteiger partial charge in [0.15, 0.2) is 0 Å². The Balaban J connectivity index is 2.21. The molecule has 96 valence electrons. The molecule has 1 aromatic heterocycles. The number of aryl methyl sites for hydroxylation is 2. The maximum atomic E-state index is 4.38. The van der Waals surface area contributed by atoms with E-state index in [2.05, 4.69) is 60.8 Å². The third-order valence-corrected chi connectivity index (χ3v) is 2.91. The summed E-state index contributed by atoms with van der Waals surface area (Å²) in [4.78, 5) is 4.38. The zero-order valence-corrected chi connectivity index (χ0v) is 11.6. The molecule has 3 nitrogen and oxygen atoms in total. The molecule has 1 aromatic carbocycles. The average molecular weight is 243 g/mol. The highest BCUT2D eigenvalue weighted by Crippen LogP contribution is 2.20. The lowest BCUT2D eigenvalue weighted by Crippen LogP contribution is -2.08. The van der Waals surface area contributed by atoms with E-state index in [1.807, 2.05) is 12.4 Å². The smallest absolute Gasteiger partial charge is 0.207 e. The molecule has 0 fully saturated rings. The van der Waals surface area contributed by atoms with E-state index in [1.165, 1.54) is 11.1 Å².